The summed E-state index contributed by atoms with van der Waals surface area (Å²) in [7, 11) is 0. The molecule has 0 aromatic rings. The third-order valence-electron chi connectivity index (χ3n) is 10.1. The minimum atomic E-state index is -4.00. The standard InChI is InChI=1S/C24H39F3O/c1-22-14-11-21-19(8-6-17-15-18(28)10-13-23(17,21)2)20(22)9-7-16(22)5-3-4-12-24(25,26)27/h16-21,28H,3-15H2,1-2H3/t16-,17?,18-,19-,20?,21?,22?,23-/m0/s1. The first kappa shape index (κ1) is 21.0. The normalized spacial score (nSPS) is 48.6. The van der Waals surface area contributed by atoms with Crippen molar-refractivity contribution in [2.75, 3.05) is 0 Å². The molecule has 0 radical (unpaired) electrons. The van der Waals surface area contributed by atoms with Crippen LogP contribution in [0.15, 0.2) is 0 Å². The summed E-state index contributed by atoms with van der Waals surface area (Å²) >= 11 is 0. The summed E-state index contributed by atoms with van der Waals surface area (Å²) < 4.78 is 37.4. The van der Waals surface area contributed by atoms with Crippen LogP contribution in [0.25, 0.3) is 0 Å². The van der Waals surface area contributed by atoms with Crippen molar-refractivity contribution in [2.45, 2.75) is 110 Å². The molecule has 0 aromatic carbocycles. The average Bonchev–Trinajstić information content (AvgIpc) is 2.95. The van der Waals surface area contributed by atoms with Crippen LogP contribution in [-0.4, -0.2) is 17.4 Å². The Hall–Kier alpha value is -0.250. The predicted octanol–water partition coefficient (Wildman–Crippen LogP) is 7.13. The Balaban J connectivity index is 1.41. The van der Waals surface area contributed by atoms with Crippen LogP contribution in [0.4, 0.5) is 13.2 Å². The summed E-state index contributed by atoms with van der Waals surface area (Å²) in [6.07, 6.45) is 8.19. The van der Waals surface area contributed by atoms with E-state index < -0.39 is 12.6 Å². The van der Waals surface area contributed by atoms with Gasteiger partial charge in [0.1, 0.15) is 0 Å². The number of aliphatic hydroxyl groups excluding tert-OH is 1. The van der Waals surface area contributed by atoms with Crippen LogP contribution in [0.3, 0.4) is 0 Å². The number of aliphatic hydroxyl groups is 1. The van der Waals surface area contributed by atoms with Gasteiger partial charge in [-0.25, -0.2) is 0 Å². The Labute approximate surface area is 168 Å². The van der Waals surface area contributed by atoms with Gasteiger partial charge in [-0.3, -0.25) is 0 Å². The quantitative estimate of drug-likeness (QED) is 0.498. The van der Waals surface area contributed by atoms with Crippen molar-refractivity contribution in [2.24, 2.45) is 40.4 Å². The highest BCUT2D eigenvalue weighted by Crippen LogP contribution is 2.67. The van der Waals surface area contributed by atoms with Gasteiger partial charge in [-0.15, -0.1) is 0 Å². The number of rotatable bonds is 4. The van der Waals surface area contributed by atoms with Crippen molar-refractivity contribution in [3.63, 3.8) is 0 Å². The summed E-state index contributed by atoms with van der Waals surface area (Å²) in [6, 6.07) is 0. The first-order valence-electron chi connectivity index (χ1n) is 11.9. The maximum Gasteiger partial charge on any atom is 0.389 e. The Kier molecular flexibility index (Phi) is 5.60. The molecule has 4 heteroatoms. The summed E-state index contributed by atoms with van der Waals surface area (Å²) in [4.78, 5) is 0. The topological polar surface area (TPSA) is 20.2 Å². The second kappa shape index (κ2) is 7.46. The lowest BCUT2D eigenvalue weighted by Gasteiger charge is -2.61. The molecule has 0 aliphatic heterocycles. The highest BCUT2D eigenvalue weighted by Gasteiger charge is 2.59. The van der Waals surface area contributed by atoms with Gasteiger partial charge in [0.25, 0.3) is 0 Å². The van der Waals surface area contributed by atoms with Gasteiger partial charge in [-0.2, -0.15) is 13.2 Å². The number of hydrogen-bond acceptors (Lipinski definition) is 1. The Morgan fingerprint density at radius 3 is 2.32 bits per heavy atom. The predicted molar refractivity (Wildman–Crippen MR) is 106 cm³/mol. The molecule has 0 heterocycles. The van der Waals surface area contributed by atoms with Gasteiger partial charge in [0.2, 0.25) is 0 Å². The molecule has 162 valence electrons. The van der Waals surface area contributed by atoms with E-state index in [0.29, 0.717) is 29.1 Å². The molecule has 4 fully saturated rings. The van der Waals surface area contributed by atoms with E-state index in [1.54, 1.807) is 0 Å². The molecule has 0 saturated heterocycles. The summed E-state index contributed by atoms with van der Waals surface area (Å²) in [5.41, 5.74) is 0.769. The zero-order valence-corrected chi connectivity index (χ0v) is 17.7. The number of alkyl halides is 3. The fourth-order valence-electron chi connectivity index (χ4n) is 8.53. The van der Waals surface area contributed by atoms with Gasteiger partial charge < -0.3 is 5.11 Å². The molecule has 4 aliphatic rings. The van der Waals surface area contributed by atoms with E-state index in [0.717, 1.165) is 43.4 Å². The molecular formula is C24H39F3O. The smallest absolute Gasteiger partial charge is 0.389 e. The van der Waals surface area contributed by atoms with Crippen LogP contribution in [-0.2, 0) is 0 Å². The molecule has 4 aliphatic carbocycles. The second-order valence-electron chi connectivity index (χ2n) is 11.3. The average molecular weight is 401 g/mol. The van der Waals surface area contributed by atoms with Gasteiger partial charge in [0, 0.05) is 6.42 Å². The van der Waals surface area contributed by atoms with Crippen molar-refractivity contribution in [3.8, 4) is 0 Å². The van der Waals surface area contributed by atoms with E-state index in [1.807, 2.05) is 0 Å². The van der Waals surface area contributed by atoms with E-state index in [1.165, 1.54) is 44.9 Å². The Bertz CT molecular complexity index is 561. The molecule has 0 spiro atoms. The molecular weight excluding hydrogens is 361 g/mol. The SMILES string of the molecule is CC12CCC3[C@@H](CCC4C[C@@H](O)CC[C@@]43C)C1CC[C@@H]2CCCCC(F)(F)F. The van der Waals surface area contributed by atoms with E-state index in [2.05, 4.69) is 13.8 Å². The highest BCUT2D eigenvalue weighted by atomic mass is 19.4. The zero-order chi connectivity index (χ0) is 20.2. The Morgan fingerprint density at radius 2 is 1.57 bits per heavy atom. The van der Waals surface area contributed by atoms with Gasteiger partial charge in [-0.05, 0) is 111 Å². The highest BCUT2D eigenvalue weighted by molar-refractivity contribution is 5.09. The lowest BCUT2D eigenvalue weighted by Crippen LogP contribution is -2.53. The zero-order valence-electron chi connectivity index (χ0n) is 17.7. The number of hydrogen-bond donors (Lipinski definition) is 1. The fourth-order valence-corrected chi connectivity index (χ4v) is 8.53. The molecule has 0 amide bonds. The van der Waals surface area contributed by atoms with Crippen LogP contribution in [0, 0.1) is 40.4 Å². The summed E-state index contributed by atoms with van der Waals surface area (Å²) in [5.74, 6) is 3.73. The van der Waals surface area contributed by atoms with Crippen LogP contribution in [0.5, 0.6) is 0 Å². The second-order valence-corrected chi connectivity index (χ2v) is 11.3. The van der Waals surface area contributed by atoms with Gasteiger partial charge >= 0.3 is 6.18 Å². The first-order chi connectivity index (χ1) is 13.1. The molecule has 28 heavy (non-hydrogen) atoms. The number of fused-ring (bicyclic) bond motifs is 5. The molecule has 1 N–H and O–H groups in total. The van der Waals surface area contributed by atoms with Crippen molar-refractivity contribution < 1.29 is 18.3 Å². The molecule has 4 unspecified atom stereocenters. The molecule has 1 nitrogen and oxygen atoms in total. The maximum absolute atomic E-state index is 12.5. The third kappa shape index (κ3) is 3.65. The van der Waals surface area contributed by atoms with E-state index in [-0.39, 0.29) is 6.10 Å². The molecule has 0 bridgehead atoms. The molecule has 4 rings (SSSR count). The van der Waals surface area contributed by atoms with Crippen LogP contribution in [0.1, 0.15) is 97.3 Å². The number of unbranched alkanes of at least 4 members (excludes halogenated alkanes) is 1. The van der Waals surface area contributed by atoms with E-state index >= 15 is 0 Å². The minimum absolute atomic E-state index is 0.0870. The largest absolute Gasteiger partial charge is 0.393 e. The van der Waals surface area contributed by atoms with Gasteiger partial charge in [-0.1, -0.05) is 20.3 Å². The van der Waals surface area contributed by atoms with Gasteiger partial charge in [0.15, 0.2) is 0 Å². The van der Waals surface area contributed by atoms with Gasteiger partial charge in [0.05, 0.1) is 6.10 Å². The van der Waals surface area contributed by atoms with E-state index in [9.17, 15) is 18.3 Å². The van der Waals surface area contributed by atoms with Crippen LogP contribution >= 0.6 is 0 Å². The van der Waals surface area contributed by atoms with E-state index in [4.69, 9.17) is 0 Å². The van der Waals surface area contributed by atoms with Crippen molar-refractivity contribution in [1.29, 1.82) is 0 Å². The Morgan fingerprint density at radius 1 is 0.857 bits per heavy atom. The molecule has 4 saturated carbocycles. The summed E-state index contributed by atoms with van der Waals surface area (Å²) in [6.45, 7) is 5.00. The summed E-state index contributed by atoms with van der Waals surface area (Å²) in [5, 5.41) is 10.2. The molecule has 8 atom stereocenters. The third-order valence-corrected chi connectivity index (χ3v) is 10.1. The minimum Gasteiger partial charge on any atom is -0.393 e. The van der Waals surface area contributed by atoms with Crippen molar-refractivity contribution in [3.05, 3.63) is 0 Å². The number of halogens is 3. The fraction of sp³-hybridized carbons (Fsp3) is 1.00. The lowest BCUT2D eigenvalue weighted by molar-refractivity contribution is -0.136. The first-order valence-corrected chi connectivity index (χ1v) is 11.9. The maximum atomic E-state index is 12.5. The van der Waals surface area contributed by atoms with Crippen molar-refractivity contribution >= 4 is 0 Å². The molecule has 0 aromatic heterocycles. The lowest BCUT2D eigenvalue weighted by atomic mass is 9.44. The van der Waals surface area contributed by atoms with Crippen LogP contribution < -0.4 is 0 Å². The monoisotopic (exact) mass is 400 g/mol. The van der Waals surface area contributed by atoms with Crippen LogP contribution in [0.2, 0.25) is 0 Å². The van der Waals surface area contributed by atoms with Crippen molar-refractivity contribution in [1.82, 2.24) is 0 Å².